The lowest BCUT2D eigenvalue weighted by molar-refractivity contribution is 0.226. The van der Waals surface area contributed by atoms with Crippen LogP contribution in [0.5, 0.6) is 11.5 Å². The van der Waals surface area contributed by atoms with Crippen molar-refractivity contribution in [2.75, 3.05) is 0 Å². The summed E-state index contributed by atoms with van der Waals surface area (Å²) in [6, 6.07) is 23.1. The van der Waals surface area contributed by atoms with Crippen LogP contribution in [0, 0.1) is 5.41 Å². The number of benzene rings is 3. The Morgan fingerprint density at radius 3 is 2.53 bits per heavy atom. The molecule has 0 bridgehead atoms. The first kappa shape index (κ1) is 22.8. The predicted octanol–water partition coefficient (Wildman–Crippen LogP) is 7.61. The predicted molar refractivity (Wildman–Crippen MR) is 145 cm³/mol. The topological polar surface area (TPSA) is 68.3 Å². The van der Waals surface area contributed by atoms with Crippen LogP contribution in [-0.4, -0.2) is 12.1 Å². The van der Waals surface area contributed by atoms with Gasteiger partial charge in [0.2, 0.25) is 5.90 Å². The van der Waals surface area contributed by atoms with E-state index in [0.717, 1.165) is 59.4 Å². The molecule has 0 saturated heterocycles. The van der Waals surface area contributed by atoms with Crippen LogP contribution in [0.15, 0.2) is 90.5 Å². The van der Waals surface area contributed by atoms with Gasteiger partial charge in [-0.15, -0.1) is 0 Å². The molecule has 1 aliphatic heterocycles. The molecule has 3 aromatic carbocycles. The summed E-state index contributed by atoms with van der Waals surface area (Å²) in [6.45, 7) is 0. The van der Waals surface area contributed by atoms with Crippen LogP contribution in [0.1, 0.15) is 61.6 Å². The second kappa shape index (κ2) is 9.44. The molecule has 1 spiro atoms. The van der Waals surface area contributed by atoms with Crippen molar-refractivity contribution in [2.45, 2.75) is 56.6 Å². The first-order valence-corrected chi connectivity index (χ1v) is 13.0. The van der Waals surface area contributed by atoms with E-state index in [0.29, 0.717) is 0 Å². The number of nitrogens with one attached hydrogen (secondary N) is 1. The van der Waals surface area contributed by atoms with Crippen LogP contribution in [0.2, 0.25) is 0 Å². The zero-order valence-electron chi connectivity index (χ0n) is 20.5. The minimum atomic E-state index is -0.599. The number of nitrogens with two attached hydrogens (primary N) is 1. The molecule has 1 atom stereocenters. The summed E-state index contributed by atoms with van der Waals surface area (Å²) in [7, 11) is 0. The third-order valence-corrected chi connectivity index (χ3v) is 7.94. The largest absolute Gasteiger partial charge is 0.457 e. The zero-order valence-corrected chi connectivity index (χ0v) is 20.5. The van der Waals surface area contributed by atoms with Crippen LogP contribution in [-0.2, 0) is 10.2 Å². The van der Waals surface area contributed by atoms with E-state index in [1.165, 1.54) is 30.4 Å². The SMILES string of the molecule is N=C(OC(N)C1=CC=CCC1)c1cccc(-c2ccc3c(c2)C2(CCCCC2)c2ccccc2O3)c1. The Balaban J connectivity index is 1.32. The van der Waals surface area contributed by atoms with Gasteiger partial charge in [-0.2, -0.15) is 0 Å². The zero-order chi connectivity index (χ0) is 24.5. The lowest BCUT2D eigenvalue weighted by atomic mass is 9.63. The number of ether oxygens (including phenoxy) is 2. The summed E-state index contributed by atoms with van der Waals surface area (Å²) in [4.78, 5) is 0. The van der Waals surface area contributed by atoms with Gasteiger partial charge in [0.05, 0.1) is 0 Å². The number of hydrogen-bond acceptors (Lipinski definition) is 4. The van der Waals surface area contributed by atoms with Gasteiger partial charge in [0, 0.05) is 22.1 Å². The maximum Gasteiger partial charge on any atom is 0.215 e. The third kappa shape index (κ3) is 4.06. The quantitative estimate of drug-likeness (QED) is 0.231. The molecule has 1 heterocycles. The fraction of sp³-hybridized carbons (Fsp3) is 0.281. The maximum absolute atomic E-state index is 8.56. The molecule has 0 radical (unpaired) electrons. The van der Waals surface area contributed by atoms with Crippen LogP contribution < -0.4 is 10.5 Å². The van der Waals surface area contributed by atoms with Crippen LogP contribution in [0.3, 0.4) is 0 Å². The Bertz CT molecular complexity index is 1360. The molecule has 1 saturated carbocycles. The highest BCUT2D eigenvalue weighted by atomic mass is 16.5. The number of hydrogen-bond donors (Lipinski definition) is 2. The fourth-order valence-corrected chi connectivity index (χ4v) is 6.05. The van der Waals surface area contributed by atoms with Gasteiger partial charge in [-0.1, -0.05) is 73.9 Å². The summed E-state index contributed by atoms with van der Waals surface area (Å²) >= 11 is 0. The Kier molecular flexibility index (Phi) is 5.98. The molecule has 6 rings (SSSR count). The maximum atomic E-state index is 8.56. The van der Waals surface area contributed by atoms with Crippen molar-refractivity contribution < 1.29 is 9.47 Å². The molecule has 3 aliphatic rings. The summed E-state index contributed by atoms with van der Waals surface area (Å²) in [5.41, 5.74) is 12.8. The van der Waals surface area contributed by atoms with Gasteiger partial charge in [-0.05, 0) is 72.7 Å². The Labute approximate surface area is 213 Å². The fourth-order valence-electron chi connectivity index (χ4n) is 6.05. The highest BCUT2D eigenvalue weighted by Crippen LogP contribution is 2.55. The molecule has 36 heavy (non-hydrogen) atoms. The first-order chi connectivity index (χ1) is 17.6. The van der Waals surface area contributed by atoms with Crippen LogP contribution >= 0.6 is 0 Å². The second-order valence-electron chi connectivity index (χ2n) is 10.1. The second-order valence-corrected chi connectivity index (χ2v) is 10.1. The lowest BCUT2D eigenvalue weighted by Crippen LogP contribution is -2.33. The molecule has 2 aliphatic carbocycles. The van der Waals surface area contributed by atoms with Crippen molar-refractivity contribution in [1.29, 1.82) is 5.41 Å². The number of fused-ring (bicyclic) bond motifs is 4. The Morgan fingerprint density at radius 1 is 0.889 bits per heavy atom. The highest BCUT2D eigenvalue weighted by molar-refractivity contribution is 5.93. The molecule has 4 heteroatoms. The van der Waals surface area contributed by atoms with Gasteiger partial charge in [0.15, 0.2) is 6.23 Å². The third-order valence-electron chi connectivity index (χ3n) is 7.94. The smallest absolute Gasteiger partial charge is 0.215 e. The lowest BCUT2D eigenvalue weighted by Gasteiger charge is -2.43. The molecule has 4 nitrogen and oxygen atoms in total. The molecular weight excluding hydrogens is 444 g/mol. The van der Waals surface area contributed by atoms with Crippen molar-refractivity contribution in [3.05, 3.63) is 107 Å². The molecule has 1 unspecified atom stereocenters. The Hall–Kier alpha value is -3.63. The molecule has 0 amide bonds. The van der Waals surface area contributed by atoms with Crippen molar-refractivity contribution in [2.24, 2.45) is 5.73 Å². The van der Waals surface area contributed by atoms with Crippen molar-refractivity contribution >= 4 is 5.90 Å². The summed E-state index contributed by atoms with van der Waals surface area (Å²) in [6.07, 6.45) is 13.4. The van der Waals surface area contributed by atoms with E-state index in [4.69, 9.17) is 20.6 Å². The molecule has 3 aromatic rings. The van der Waals surface area contributed by atoms with E-state index in [-0.39, 0.29) is 11.3 Å². The standard InChI is InChI=1S/C32H32N2O2/c33-30(22-10-3-1-4-11-22)36-31(34)25-13-9-12-23(20-25)24-16-17-29-27(21-24)32(18-7-2-8-19-32)26-14-5-6-15-28(26)35-29/h1,3,5-6,9-10,12-17,20-21,30,34H,2,4,7-8,11,18-19,33H2. The van der Waals surface area contributed by atoms with Crippen LogP contribution in [0.4, 0.5) is 0 Å². The number of allylic oxidation sites excluding steroid dienone is 3. The van der Waals surface area contributed by atoms with Gasteiger partial charge in [0.1, 0.15) is 11.5 Å². The van der Waals surface area contributed by atoms with E-state index < -0.39 is 6.23 Å². The molecule has 3 N–H and O–H groups in total. The monoisotopic (exact) mass is 476 g/mol. The highest BCUT2D eigenvalue weighted by Gasteiger charge is 2.42. The molecule has 182 valence electrons. The van der Waals surface area contributed by atoms with Crippen LogP contribution in [0.25, 0.3) is 11.1 Å². The van der Waals surface area contributed by atoms with Gasteiger partial charge < -0.3 is 9.47 Å². The average Bonchev–Trinajstić information content (AvgIpc) is 2.94. The Morgan fingerprint density at radius 2 is 1.69 bits per heavy atom. The van der Waals surface area contributed by atoms with E-state index >= 15 is 0 Å². The molecular formula is C32H32N2O2. The van der Waals surface area contributed by atoms with Crippen molar-refractivity contribution in [3.8, 4) is 22.6 Å². The summed E-state index contributed by atoms with van der Waals surface area (Å²) < 4.78 is 12.2. The van der Waals surface area contributed by atoms with Crippen molar-refractivity contribution in [3.63, 3.8) is 0 Å². The summed E-state index contributed by atoms with van der Waals surface area (Å²) in [5, 5.41) is 8.56. The van der Waals surface area contributed by atoms with Gasteiger partial charge in [0.25, 0.3) is 0 Å². The van der Waals surface area contributed by atoms with E-state index in [1.807, 2.05) is 30.4 Å². The normalized spacial score (nSPS) is 18.4. The number of para-hydroxylation sites is 1. The number of rotatable bonds is 4. The first-order valence-electron chi connectivity index (χ1n) is 13.0. The average molecular weight is 477 g/mol. The minimum absolute atomic E-state index is 0.000797. The van der Waals surface area contributed by atoms with E-state index in [2.05, 4.69) is 54.6 Å². The van der Waals surface area contributed by atoms with E-state index in [1.54, 1.807) is 0 Å². The van der Waals surface area contributed by atoms with Gasteiger partial charge in [-0.3, -0.25) is 11.1 Å². The summed E-state index contributed by atoms with van der Waals surface area (Å²) in [5.74, 6) is 2.05. The van der Waals surface area contributed by atoms with Crippen molar-refractivity contribution in [1.82, 2.24) is 0 Å². The molecule has 1 fully saturated rings. The molecule has 0 aromatic heterocycles. The minimum Gasteiger partial charge on any atom is -0.457 e. The van der Waals surface area contributed by atoms with Gasteiger partial charge in [-0.25, -0.2) is 0 Å². The van der Waals surface area contributed by atoms with E-state index in [9.17, 15) is 0 Å². The van der Waals surface area contributed by atoms with Gasteiger partial charge >= 0.3 is 0 Å².